The van der Waals surface area contributed by atoms with E-state index >= 15 is 0 Å². The molecule has 0 rings (SSSR count). The maximum absolute atomic E-state index is 5.38. The molecule has 8 nitrogen and oxygen atoms in total. The summed E-state index contributed by atoms with van der Waals surface area (Å²) in [6.45, 7) is 5.49. The summed E-state index contributed by atoms with van der Waals surface area (Å²) in [5.41, 5.74) is 0. The standard InChI is InChI=1S/C14H34N2O6Si2/c1-14(15-10-8-12-23(17-2,18-3)19-4)16-11-9-13-24(20-5,21-6)22-7/h15-16H,1,8-13H2,2-7H3. The molecule has 144 valence electrons. The molecule has 0 heterocycles. The first-order valence-electron chi connectivity index (χ1n) is 7.94. The summed E-state index contributed by atoms with van der Waals surface area (Å²) < 4.78 is 32.3. The third-order valence-electron chi connectivity index (χ3n) is 3.86. The van der Waals surface area contributed by atoms with Crippen molar-refractivity contribution in [3.05, 3.63) is 12.4 Å². The second-order valence-corrected chi connectivity index (χ2v) is 11.3. The first-order chi connectivity index (χ1) is 11.5. The highest BCUT2D eigenvalue weighted by Gasteiger charge is 2.37. The zero-order valence-corrected chi connectivity index (χ0v) is 17.9. The molecule has 0 fully saturated rings. The lowest BCUT2D eigenvalue weighted by molar-refractivity contribution is 0.122. The van der Waals surface area contributed by atoms with Crippen molar-refractivity contribution in [3.8, 4) is 0 Å². The van der Waals surface area contributed by atoms with E-state index in [1.807, 2.05) is 0 Å². The molecule has 0 aliphatic rings. The maximum Gasteiger partial charge on any atom is 0.500 e. The van der Waals surface area contributed by atoms with Gasteiger partial charge in [-0.25, -0.2) is 0 Å². The molecular formula is C14H34N2O6Si2. The molecule has 0 aromatic rings. The first kappa shape index (κ1) is 23.5. The van der Waals surface area contributed by atoms with Crippen molar-refractivity contribution in [3.63, 3.8) is 0 Å². The van der Waals surface area contributed by atoms with Crippen LogP contribution < -0.4 is 10.6 Å². The maximum atomic E-state index is 5.38. The summed E-state index contributed by atoms with van der Waals surface area (Å²) in [6.07, 6.45) is 1.74. The summed E-state index contributed by atoms with van der Waals surface area (Å²) in [7, 11) is 4.77. The number of nitrogens with one attached hydrogen (secondary N) is 2. The molecule has 24 heavy (non-hydrogen) atoms. The van der Waals surface area contributed by atoms with Crippen molar-refractivity contribution >= 4 is 17.6 Å². The molecule has 0 aliphatic carbocycles. The van der Waals surface area contributed by atoms with Crippen LogP contribution in [0.25, 0.3) is 0 Å². The molecule has 0 saturated carbocycles. The molecule has 0 bridgehead atoms. The molecule has 0 unspecified atom stereocenters. The first-order valence-corrected chi connectivity index (χ1v) is 11.8. The third-order valence-corrected chi connectivity index (χ3v) is 9.53. The van der Waals surface area contributed by atoms with E-state index < -0.39 is 17.6 Å². The zero-order chi connectivity index (χ0) is 18.5. The van der Waals surface area contributed by atoms with Crippen LogP contribution in [0.3, 0.4) is 0 Å². The van der Waals surface area contributed by atoms with Crippen molar-refractivity contribution in [2.24, 2.45) is 0 Å². The van der Waals surface area contributed by atoms with Crippen LogP contribution in [0, 0.1) is 0 Å². The third kappa shape index (κ3) is 8.07. The average molecular weight is 383 g/mol. The number of hydrogen-bond donors (Lipinski definition) is 2. The van der Waals surface area contributed by atoms with Gasteiger partial charge in [0.05, 0.1) is 5.82 Å². The molecule has 0 aliphatic heterocycles. The Balaban J connectivity index is 3.88. The summed E-state index contributed by atoms with van der Waals surface area (Å²) in [4.78, 5) is 0. The Morgan fingerprint density at radius 1 is 0.667 bits per heavy atom. The molecule has 0 saturated heterocycles. The monoisotopic (exact) mass is 382 g/mol. The topological polar surface area (TPSA) is 79.4 Å². The molecule has 0 spiro atoms. The van der Waals surface area contributed by atoms with Crippen molar-refractivity contribution in [2.75, 3.05) is 55.7 Å². The van der Waals surface area contributed by atoms with E-state index in [2.05, 4.69) is 17.2 Å². The Kier molecular flexibility index (Phi) is 12.6. The van der Waals surface area contributed by atoms with E-state index in [9.17, 15) is 0 Å². The van der Waals surface area contributed by atoms with E-state index in [0.717, 1.165) is 43.8 Å². The minimum Gasteiger partial charge on any atom is -0.377 e. The van der Waals surface area contributed by atoms with Gasteiger partial charge in [0, 0.05) is 67.8 Å². The Hall–Kier alpha value is -0.466. The van der Waals surface area contributed by atoms with Gasteiger partial charge >= 0.3 is 17.6 Å². The molecule has 0 amide bonds. The van der Waals surface area contributed by atoms with E-state index in [-0.39, 0.29) is 0 Å². The molecule has 0 aromatic heterocycles. The van der Waals surface area contributed by atoms with Crippen molar-refractivity contribution in [1.82, 2.24) is 10.6 Å². The van der Waals surface area contributed by atoms with Gasteiger partial charge in [0.1, 0.15) is 0 Å². The molecule has 0 atom stereocenters. The van der Waals surface area contributed by atoms with Gasteiger partial charge in [-0.3, -0.25) is 0 Å². The van der Waals surface area contributed by atoms with E-state index in [1.54, 1.807) is 42.7 Å². The lowest BCUT2D eigenvalue weighted by Gasteiger charge is -2.25. The van der Waals surface area contributed by atoms with Crippen LogP contribution in [0.4, 0.5) is 0 Å². The van der Waals surface area contributed by atoms with Crippen LogP contribution in [0.2, 0.25) is 12.1 Å². The van der Waals surface area contributed by atoms with Gasteiger partial charge in [-0.1, -0.05) is 6.58 Å². The summed E-state index contributed by atoms with van der Waals surface area (Å²) >= 11 is 0. The van der Waals surface area contributed by atoms with Crippen LogP contribution in [0.15, 0.2) is 12.4 Å². The minimum atomic E-state index is -2.48. The smallest absolute Gasteiger partial charge is 0.377 e. The fraction of sp³-hybridized carbons (Fsp3) is 0.857. The predicted molar refractivity (Wildman–Crippen MR) is 97.6 cm³/mol. The quantitative estimate of drug-likeness (QED) is 0.304. The van der Waals surface area contributed by atoms with Crippen LogP contribution in [0.1, 0.15) is 12.8 Å². The molecule has 0 aromatic carbocycles. The minimum absolute atomic E-state index is 0.750. The van der Waals surface area contributed by atoms with Gasteiger partial charge in [0.15, 0.2) is 0 Å². The fourth-order valence-electron chi connectivity index (χ4n) is 2.26. The highest BCUT2D eigenvalue weighted by Crippen LogP contribution is 2.15. The highest BCUT2D eigenvalue weighted by molar-refractivity contribution is 6.60. The lowest BCUT2D eigenvalue weighted by Crippen LogP contribution is -2.43. The van der Waals surface area contributed by atoms with Crippen molar-refractivity contribution in [2.45, 2.75) is 24.9 Å². The second kappa shape index (κ2) is 12.8. The fourth-order valence-corrected chi connectivity index (χ4v) is 5.71. The van der Waals surface area contributed by atoms with Crippen LogP contribution in [0.5, 0.6) is 0 Å². The van der Waals surface area contributed by atoms with Gasteiger partial charge in [-0.15, -0.1) is 0 Å². The van der Waals surface area contributed by atoms with Crippen molar-refractivity contribution in [1.29, 1.82) is 0 Å². The highest BCUT2D eigenvalue weighted by atomic mass is 28.4. The van der Waals surface area contributed by atoms with E-state index in [1.165, 1.54) is 0 Å². The zero-order valence-electron chi connectivity index (χ0n) is 15.9. The Labute approximate surface area is 148 Å². The largest absolute Gasteiger partial charge is 0.500 e. The summed E-state index contributed by atoms with van der Waals surface area (Å²) in [5.74, 6) is 0.786. The van der Waals surface area contributed by atoms with Crippen molar-refractivity contribution < 1.29 is 26.6 Å². The van der Waals surface area contributed by atoms with Gasteiger partial charge in [0.2, 0.25) is 0 Å². The molecule has 0 radical (unpaired) electrons. The molecule has 2 N–H and O–H groups in total. The molecular weight excluding hydrogens is 348 g/mol. The number of rotatable bonds is 16. The molecule has 10 heteroatoms. The van der Waals surface area contributed by atoms with Gasteiger partial charge in [-0.05, 0) is 12.8 Å². The van der Waals surface area contributed by atoms with E-state index in [0.29, 0.717) is 0 Å². The summed E-state index contributed by atoms with van der Waals surface area (Å²) in [6, 6.07) is 1.50. The van der Waals surface area contributed by atoms with E-state index in [4.69, 9.17) is 26.6 Å². The second-order valence-electron chi connectivity index (χ2n) is 5.13. The van der Waals surface area contributed by atoms with Gasteiger partial charge < -0.3 is 37.2 Å². The van der Waals surface area contributed by atoms with Crippen LogP contribution >= 0.6 is 0 Å². The van der Waals surface area contributed by atoms with Crippen LogP contribution in [-0.4, -0.2) is 73.4 Å². The SMILES string of the molecule is C=C(NCCC[Si](OC)(OC)OC)NCCC[Si](OC)(OC)OC. The lowest BCUT2D eigenvalue weighted by atomic mass is 10.4. The van der Waals surface area contributed by atoms with Crippen LogP contribution in [-0.2, 0) is 26.6 Å². The number of hydrogen-bond acceptors (Lipinski definition) is 8. The Morgan fingerprint density at radius 2 is 0.958 bits per heavy atom. The van der Waals surface area contributed by atoms with Gasteiger partial charge in [0.25, 0.3) is 0 Å². The predicted octanol–water partition coefficient (Wildman–Crippen LogP) is 1.17. The summed E-state index contributed by atoms with van der Waals surface area (Å²) in [5, 5.41) is 6.47. The normalized spacial score (nSPS) is 12.2. The Morgan fingerprint density at radius 3 is 1.21 bits per heavy atom. The average Bonchev–Trinajstić information content (AvgIpc) is 2.63. The van der Waals surface area contributed by atoms with Gasteiger partial charge in [-0.2, -0.15) is 0 Å². The Bertz CT molecular complexity index is 295.